The van der Waals surface area contributed by atoms with Crippen LogP contribution in [0, 0.1) is 6.19 Å². The summed E-state index contributed by atoms with van der Waals surface area (Å²) in [5.41, 5.74) is 5.68. The standard InChI is InChI=1S/C6H7ClN5S.H2O/c7-12-9-5-11(10-12)8-4-6-2-1-3-13-6;/h1-3,8,10H,4H2;1H2/q+1;. The highest BCUT2D eigenvalue weighted by Crippen LogP contribution is 2.07. The molecule has 0 amide bonds. The van der Waals surface area contributed by atoms with Gasteiger partial charge in [0.1, 0.15) is 0 Å². The number of nitrogens with zero attached hydrogens (tertiary/aromatic N) is 3. The lowest BCUT2D eigenvalue weighted by Crippen LogP contribution is -2.44. The van der Waals surface area contributed by atoms with E-state index in [4.69, 9.17) is 11.8 Å². The van der Waals surface area contributed by atoms with Crippen LogP contribution in [-0.4, -0.2) is 15.2 Å². The molecule has 8 heteroatoms. The predicted molar refractivity (Wildman–Crippen MR) is 54.7 cm³/mol. The summed E-state index contributed by atoms with van der Waals surface area (Å²) < 4.78 is 1.04. The van der Waals surface area contributed by atoms with E-state index in [0.717, 1.165) is 11.2 Å². The molecule has 2 rings (SSSR count). The van der Waals surface area contributed by atoms with Crippen molar-refractivity contribution in [2.45, 2.75) is 6.54 Å². The number of hydrazine groups is 3. The fourth-order valence-corrected chi connectivity index (χ4v) is 1.60. The molecule has 2 heterocycles. The van der Waals surface area contributed by atoms with Crippen LogP contribution in [0.25, 0.3) is 4.95 Å². The topological polar surface area (TPSA) is 66.4 Å². The van der Waals surface area contributed by atoms with E-state index in [9.17, 15) is 0 Å². The van der Waals surface area contributed by atoms with Gasteiger partial charge in [0.25, 0.3) is 0 Å². The predicted octanol–water partition coefficient (Wildman–Crippen LogP) is 0.324. The van der Waals surface area contributed by atoms with Crippen LogP contribution in [0.1, 0.15) is 4.88 Å². The molecule has 1 aromatic heterocycles. The largest absolute Gasteiger partial charge is 0.454 e. The molecule has 1 aliphatic rings. The van der Waals surface area contributed by atoms with Crippen molar-refractivity contribution < 1.29 is 5.48 Å². The zero-order valence-corrected chi connectivity index (χ0v) is 8.64. The van der Waals surface area contributed by atoms with Gasteiger partial charge in [-0.05, 0) is 21.5 Å². The highest BCUT2D eigenvalue weighted by molar-refractivity contribution is 7.09. The Balaban J connectivity index is 0.000000980. The lowest BCUT2D eigenvalue weighted by atomic mass is 10.5. The highest BCUT2D eigenvalue weighted by Gasteiger charge is 2.21. The van der Waals surface area contributed by atoms with Crippen molar-refractivity contribution in [3.8, 4) is 6.19 Å². The summed E-state index contributed by atoms with van der Waals surface area (Å²) in [6.07, 6.45) is 2.60. The van der Waals surface area contributed by atoms with Crippen LogP contribution in [0.2, 0.25) is 0 Å². The summed E-state index contributed by atoms with van der Waals surface area (Å²) in [6, 6.07) is 4.05. The quantitative estimate of drug-likeness (QED) is 0.584. The van der Waals surface area contributed by atoms with Gasteiger partial charge in [-0.25, -0.2) is 0 Å². The molecule has 0 radical (unpaired) electrons. The number of nitrogens with one attached hydrogen (secondary N) is 2. The molecule has 0 aliphatic carbocycles. The van der Waals surface area contributed by atoms with Crippen LogP contribution < -0.4 is 11.0 Å². The van der Waals surface area contributed by atoms with E-state index in [0.29, 0.717) is 0 Å². The van der Waals surface area contributed by atoms with Gasteiger partial charge in [-0.1, -0.05) is 6.07 Å². The van der Waals surface area contributed by atoms with Crippen molar-refractivity contribution in [1.29, 1.82) is 0 Å². The van der Waals surface area contributed by atoms with Gasteiger partial charge in [-0.3, -0.25) is 0 Å². The van der Waals surface area contributed by atoms with E-state index in [2.05, 4.69) is 22.1 Å². The molecule has 0 unspecified atom stereocenters. The van der Waals surface area contributed by atoms with Crippen molar-refractivity contribution in [3.63, 3.8) is 0 Å². The van der Waals surface area contributed by atoms with Crippen LogP contribution >= 0.6 is 23.1 Å². The molecule has 0 spiro atoms. The van der Waals surface area contributed by atoms with E-state index in [-0.39, 0.29) is 5.48 Å². The molecule has 1 aliphatic heterocycles. The molecular formula is C6H9ClN5OS+. The zero-order valence-electron chi connectivity index (χ0n) is 7.07. The SMILES string of the molecule is ClN1[N+]#CN(NCc2cccs2)N1.O. The Kier molecular flexibility index (Phi) is 3.94. The molecule has 76 valence electrons. The average molecular weight is 235 g/mol. The molecule has 6 nitrogen and oxygen atoms in total. The monoisotopic (exact) mass is 234 g/mol. The highest BCUT2D eigenvalue weighted by atomic mass is 35.5. The molecule has 0 saturated heterocycles. The van der Waals surface area contributed by atoms with Crippen molar-refractivity contribution >= 4 is 23.1 Å². The maximum Gasteiger partial charge on any atom is 0.454 e. The normalized spacial score (nSPS) is 13.5. The third-order valence-electron chi connectivity index (χ3n) is 1.41. The molecule has 0 atom stereocenters. The number of rotatable bonds is 3. The first-order chi connectivity index (χ1) is 6.34. The zero-order chi connectivity index (χ0) is 9.10. The van der Waals surface area contributed by atoms with Gasteiger partial charge in [0, 0.05) is 10.4 Å². The fourth-order valence-electron chi connectivity index (χ4n) is 0.852. The van der Waals surface area contributed by atoms with Crippen molar-refractivity contribution in [3.05, 3.63) is 27.3 Å². The van der Waals surface area contributed by atoms with E-state index in [1.807, 2.05) is 17.5 Å². The van der Waals surface area contributed by atoms with E-state index in [1.165, 1.54) is 10.00 Å². The molecule has 4 N–H and O–H groups in total. The number of hydrogen-bond acceptors (Lipinski definition) is 5. The Morgan fingerprint density at radius 1 is 1.71 bits per heavy atom. The summed E-state index contributed by atoms with van der Waals surface area (Å²) in [4.78, 5) is 4.85. The second-order valence-electron chi connectivity index (χ2n) is 2.31. The number of thiophene rings is 1. The smallest absolute Gasteiger partial charge is 0.412 e. The molecule has 0 saturated carbocycles. The third kappa shape index (κ3) is 2.73. The Morgan fingerprint density at radius 3 is 3.14 bits per heavy atom. The Morgan fingerprint density at radius 2 is 2.57 bits per heavy atom. The van der Waals surface area contributed by atoms with Crippen LogP contribution in [0.4, 0.5) is 0 Å². The van der Waals surface area contributed by atoms with Crippen LogP contribution in [0.3, 0.4) is 0 Å². The van der Waals surface area contributed by atoms with Crippen LogP contribution in [-0.2, 0) is 6.54 Å². The summed E-state index contributed by atoms with van der Waals surface area (Å²) in [5.74, 6) is 0. The second kappa shape index (κ2) is 4.99. The van der Waals surface area contributed by atoms with Gasteiger partial charge < -0.3 is 5.48 Å². The summed E-state index contributed by atoms with van der Waals surface area (Å²) >= 11 is 7.17. The van der Waals surface area contributed by atoms with Gasteiger partial charge in [-0.15, -0.1) is 16.8 Å². The molecule has 0 bridgehead atoms. The minimum Gasteiger partial charge on any atom is -0.412 e. The third-order valence-corrected chi connectivity index (χ3v) is 2.43. The van der Waals surface area contributed by atoms with Crippen molar-refractivity contribution in [1.82, 2.24) is 20.7 Å². The average Bonchev–Trinajstić information content (AvgIpc) is 2.71. The molecular weight excluding hydrogens is 226 g/mol. The van der Waals surface area contributed by atoms with Crippen LogP contribution in [0.5, 0.6) is 0 Å². The molecule has 0 aromatic carbocycles. The summed E-state index contributed by atoms with van der Waals surface area (Å²) in [7, 11) is 0. The van der Waals surface area contributed by atoms with E-state index < -0.39 is 0 Å². The Bertz CT molecular complexity index is 334. The van der Waals surface area contributed by atoms with Gasteiger partial charge in [0.05, 0.1) is 23.0 Å². The first-order valence-corrected chi connectivity index (χ1v) is 4.81. The molecule has 1 aromatic rings. The first-order valence-electron chi connectivity index (χ1n) is 3.59. The van der Waals surface area contributed by atoms with Gasteiger partial charge in [-0.2, -0.15) is 0 Å². The van der Waals surface area contributed by atoms with Crippen molar-refractivity contribution in [2.24, 2.45) is 0 Å². The van der Waals surface area contributed by atoms with Gasteiger partial charge in [0.15, 0.2) is 0 Å². The van der Waals surface area contributed by atoms with E-state index in [1.54, 1.807) is 11.3 Å². The van der Waals surface area contributed by atoms with Crippen molar-refractivity contribution in [2.75, 3.05) is 0 Å². The number of hydrogen-bond donors (Lipinski definition) is 2. The molecule has 14 heavy (non-hydrogen) atoms. The van der Waals surface area contributed by atoms with Crippen LogP contribution in [0.15, 0.2) is 17.5 Å². The first kappa shape index (κ1) is 11.0. The maximum absolute atomic E-state index is 5.48. The number of halogens is 1. The summed E-state index contributed by atoms with van der Waals surface area (Å²) in [5, 5.41) is 3.49. The van der Waals surface area contributed by atoms with Gasteiger partial charge >= 0.3 is 6.19 Å². The molecule has 0 fully saturated rings. The summed E-state index contributed by atoms with van der Waals surface area (Å²) in [6.45, 7) is 0.720. The fraction of sp³-hybridized carbons (Fsp3) is 0.167. The Labute approximate surface area is 89.8 Å². The minimum absolute atomic E-state index is 0. The lowest BCUT2D eigenvalue weighted by molar-refractivity contribution is 0.144. The Hall–Kier alpha value is -1.04. The minimum atomic E-state index is 0. The van der Waals surface area contributed by atoms with E-state index >= 15 is 0 Å². The maximum atomic E-state index is 5.48. The second-order valence-corrected chi connectivity index (χ2v) is 3.66. The van der Waals surface area contributed by atoms with Gasteiger partial charge in [0.2, 0.25) is 0 Å². The lowest BCUT2D eigenvalue weighted by Gasteiger charge is -2.03.